The van der Waals surface area contributed by atoms with Gasteiger partial charge in [0, 0.05) is 10.6 Å². The number of halogens is 1. The number of hydrogen-bond acceptors (Lipinski definition) is 6. The van der Waals surface area contributed by atoms with Crippen molar-refractivity contribution in [2.24, 2.45) is 11.3 Å². The van der Waals surface area contributed by atoms with E-state index in [0.717, 1.165) is 0 Å². The van der Waals surface area contributed by atoms with Crippen molar-refractivity contribution in [3.05, 3.63) is 107 Å². The Morgan fingerprint density at radius 1 is 0.778 bits per heavy atom. The van der Waals surface area contributed by atoms with Crippen LogP contribution in [-0.2, 0) is 23.8 Å². The van der Waals surface area contributed by atoms with Gasteiger partial charge in [-0.3, -0.25) is 14.4 Å². The van der Waals surface area contributed by atoms with Crippen LogP contribution in [0.25, 0.3) is 0 Å². The lowest BCUT2D eigenvalue weighted by Gasteiger charge is -2.33. The quantitative estimate of drug-likeness (QED) is 0.219. The van der Waals surface area contributed by atoms with Crippen LogP contribution in [-0.4, -0.2) is 30.9 Å². The average molecular weight is 507 g/mol. The smallest absolute Gasteiger partial charge is 0.327 e. The van der Waals surface area contributed by atoms with Crippen LogP contribution >= 0.6 is 11.6 Å². The number of carbonyl (C=O) groups excluding carboxylic acids is 3. The van der Waals surface area contributed by atoms with Crippen LogP contribution in [0.2, 0.25) is 5.02 Å². The van der Waals surface area contributed by atoms with Crippen molar-refractivity contribution in [1.82, 2.24) is 0 Å². The highest BCUT2D eigenvalue weighted by Gasteiger charge is 2.70. The normalized spacial score (nSPS) is 20.5. The second kappa shape index (κ2) is 11.1. The Morgan fingerprint density at radius 3 is 1.83 bits per heavy atom. The number of carbonyl (C=O) groups is 3. The van der Waals surface area contributed by atoms with Crippen molar-refractivity contribution in [3.8, 4) is 0 Å². The Labute approximate surface area is 215 Å². The van der Waals surface area contributed by atoms with Crippen molar-refractivity contribution in [2.45, 2.75) is 26.1 Å². The topological polar surface area (TPSA) is 78.9 Å². The maximum absolute atomic E-state index is 14.2. The van der Waals surface area contributed by atoms with E-state index in [2.05, 4.69) is 0 Å². The minimum Gasteiger partial charge on any atom is -0.465 e. The van der Waals surface area contributed by atoms with Gasteiger partial charge in [-0.25, -0.2) is 0 Å². The van der Waals surface area contributed by atoms with Gasteiger partial charge in [0.05, 0.1) is 25.2 Å². The summed E-state index contributed by atoms with van der Waals surface area (Å²) in [6, 6.07) is 24.2. The summed E-state index contributed by atoms with van der Waals surface area (Å²) in [6.45, 7) is 3.32. The molecule has 186 valence electrons. The molecule has 3 aromatic carbocycles. The predicted octanol–water partition coefficient (Wildman–Crippen LogP) is 5.76. The Bertz CT molecular complexity index is 1190. The molecule has 1 fully saturated rings. The molecule has 0 N–H and O–H groups in total. The molecule has 1 aliphatic heterocycles. The van der Waals surface area contributed by atoms with E-state index < -0.39 is 41.3 Å². The fourth-order valence-corrected chi connectivity index (χ4v) is 4.93. The monoisotopic (exact) mass is 506 g/mol. The van der Waals surface area contributed by atoms with Gasteiger partial charge in [-0.05, 0) is 37.1 Å². The maximum Gasteiger partial charge on any atom is 0.327 e. The van der Waals surface area contributed by atoms with Gasteiger partial charge in [-0.2, -0.15) is 0 Å². The van der Waals surface area contributed by atoms with Gasteiger partial charge < -0.3 is 14.2 Å². The minimum absolute atomic E-state index is 0.0133. The SMILES string of the molecule is CCOC(=O)C1(C(=O)OCC)[C@@H](c2ccccc2)O[C@@H](c2ccc(Cl)cc2)[C@H]1C(=O)c1ccccc1. The number of ether oxygens (including phenoxy) is 3. The zero-order valence-electron chi connectivity index (χ0n) is 20.1. The number of ketones is 1. The van der Waals surface area contributed by atoms with Gasteiger partial charge in [-0.15, -0.1) is 0 Å². The Kier molecular flexibility index (Phi) is 7.87. The third-order valence-corrected chi connectivity index (χ3v) is 6.61. The zero-order valence-corrected chi connectivity index (χ0v) is 20.8. The molecule has 1 heterocycles. The molecular weight excluding hydrogens is 480 g/mol. The third-order valence-electron chi connectivity index (χ3n) is 6.36. The van der Waals surface area contributed by atoms with Crippen LogP contribution in [0.5, 0.6) is 0 Å². The maximum atomic E-state index is 14.2. The fraction of sp³-hybridized carbons (Fsp3) is 0.276. The third kappa shape index (κ3) is 4.54. The Hall–Kier alpha value is -3.48. The van der Waals surface area contributed by atoms with Gasteiger partial charge in [0.2, 0.25) is 5.41 Å². The zero-order chi connectivity index (χ0) is 25.7. The van der Waals surface area contributed by atoms with E-state index in [0.29, 0.717) is 21.7 Å². The van der Waals surface area contributed by atoms with E-state index in [-0.39, 0.29) is 13.2 Å². The second-order valence-corrected chi connectivity index (χ2v) is 8.85. The molecule has 0 spiro atoms. The first kappa shape index (κ1) is 25.6. The fourth-order valence-electron chi connectivity index (χ4n) is 4.81. The molecule has 0 radical (unpaired) electrons. The molecule has 7 heteroatoms. The van der Waals surface area contributed by atoms with E-state index in [1.54, 1.807) is 92.7 Å². The van der Waals surface area contributed by atoms with Crippen LogP contribution in [0.15, 0.2) is 84.9 Å². The van der Waals surface area contributed by atoms with Gasteiger partial charge in [0.25, 0.3) is 0 Å². The number of Topliss-reactive ketones (excluding diaryl/α,β-unsaturated/α-hetero) is 1. The number of esters is 2. The molecule has 1 aliphatic rings. The van der Waals surface area contributed by atoms with Crippen molar-refractivity contribution in [1.29, 1.82) is 0 Å². The summed E-state index contributed by atoms with van der Waals surface area (Å²) in [4.78, 5) is 41.9. The summed E-state index contributed by atoms with van der Waals surface area (Å²) in [6.07, 6.45) is -2.08. The lowest BCUT2D eigenvalue weighted by atomic mass is 9.66. The Morgan fingerprint density at radius 2 is 1.31 bits per heavy atom. The van der Waals surface area contributed by atoms with Crippen molar-refractivity contribution in [3.63, 3.8) is 0 Å². The largest absolute Gasteiger partial charge is 0.465 e. The molecule has 0 unspecified atom stereocenters. The van der Waals surface area contributed by atoms with Gasteiger partial charge in [0.1, 0.15) is 6.10 Å². The number of rotatable bonds is 8. The van der Waals surface area contributed by atoms with Gasteiger partial charge in [-0.1, -0.05) is 84.4 Å². The highest BCUT2D eigenvalue weighted by Crippen LogP contribution is 2.59. The second-order valence-electron chi connectivity index (χ2n) is 8.42. The first-order valence-electron chi connectivity index (χ1n) is 11.8. The molecule has 3 aromatic rings. The van der Waals surface area contributed by atoms with Crippen LogP contribution in [0.1, 0.15) is 47.5 Å². The molecule has 0 bridgehead atoms. The molecule has 6 nitrogen and oxygen atoms in total. The molecule has 0 amide bonds. The van der Waals surface area contributed by atoms with Crippen molar-refractivity contribution >= 4 is 29.3 Å². The standard InChI is InChI=1S/C29H27ClO6/c1-3-34-27(32)29(28(33)35-4-2)23(24(31)19-11-7-5-8-12-19)25(20-15-17-22(30)18-16-20)36-26(29)21-13-9-6-10-14-21/h5-18,23,25-26H,3-4H2,1-2H3/t23-,25+,26-/m1/s1. The first-order chi connectivity index (χ1) is 17.4. The van der Waals surface area contributed by atoms with Gasteiger partial charge in [0.15, 0.2) is 5.78 Å². The van der Waals surface area contributed by atoms with E-state index in [1.807, 2.05) is 6.07 Å². The van der Waals surface area contributed by atoms with Crippen LogP contribution in [0.4, 0.5) is 0 Å². The molecular formula is C29H27ClO6. The molecule has 0 aromatic heterocycles. The van der Waals surface area contributed by atoms with Gasteiger partial charge >= 0.3 is 11.9 Å². The predicted molar refractivity (Wildman–Crippen MR) is 134 cm³/mol. The molecule has 4 rings (SSSR count). The van der Waals surface area contributed by atoms with Crippen LogP contribution < -0.4 is 0 Å². The molecule has 1 saturated heterocycles. The first-order valence-corrected chi connectivity index (χ1v) is 12.2. The average Bonchev–Trinajstić information content (AvgIpc) is 3.27. The molecule has 3 atom stereocenters. The summed E-state index contributed by atoms with van der Waals surface area (Å²) in [7, 11) is 0. The molecule has 0 aliphatic carbocycles. The summed E-state index contributed by atoms with van der Waals surface area (Å²) in [5.41, 5.74) is -0.576. The van der Waals surface area contributed by atoms with Crippen molar-refractivity contribution < 1.29 is 28.6 Å². The molecule has 36 heavy (non-hydrogen) atoms. The van der Waals surface area contributed by atoms with E-state index in [1.165, 1.54) is 0 Å². The lowest BCUT2D eigenvalue weighted by molar-refractivity contribution is -0.178. The van der Waals surface area contributed by atoms with E-state index in [4.69, 9.17) is 25.8 Å². The highest BCUT2D eigenvalue weighted by molar-refractivity contribution is 6.30. The Balaban J connectivity index is 2.01. The molecule has 0 saturated carbocycles. The highest BCUT2D eigenvalue weighted by atomic mass is 35.5. The summed E-state index contributed by atoms with van der Waals surface area (Å²) < 4.78 is 17.5. The summed E-state index contributed by atoms with van der Waals surface area (Å²) in [5, 5.41) is 0.504. The minimum atomic E-state index is -2.08. The number of hydrogen-bond donors (Lipinski definition) is 0. The van der Waals surface area contributed by atoms with E-state index >= 15 is 0 Å². The number of benzene rings is 3. The summed E-state index contributed by atoms with van der Waals surface area (Å²) >= 11 is 6.12. The van der Waals surface area contributed by atoms with Crippen molar-refractivity contribution in [2.75, 3.05) is 13.2 Å². The van der Waals surface area contributed by atoms with Crippen LogP contribution in [0.3, 0.4) is 0 Å². The van der Waals surface area contributed by atoms with E-state index in [9.17, 15) is 14.4 Å². The lowest BCUT2D eigenvalue weighted by Crippen LogP contribution is -2.51. The summed E-state index contributed by atoms with van der Waals surface area (Å²) in [5.74, 6) is -3.40. The van der Waals surface area contributed by atoms with Crippen LogP contribution in [0, 0.1) is 11.3 Å².